The van der Waals surface area contributed by atoms with Crippen LogP contribution in [0.5, 0.6) is 0 Å². The molecule has 3 heterocycles. The third kappa shape index (κ3) is 2.30. The maximum atomic E-state index is 12.5. The van der Waals surface area contributed by atoms with Gasteiger partial charge in [0.15, 0.2) is 0 Å². The van der Waals surface area contributed by atoms with Gasteiger partial charge in [0.2, 0.25) is 5.95 Å². The molecule has 0 bridgehead atoms. The molecular weight excluding hydrogens is 290 g/mol. The van der Waals surface area contributed by atoms with Gasteiger partial charge >= 0.3 is 0 Å². The minimum atomic E-state index is 0.00369. The molecule has 1 aliphatic heterocycles. The average molecular weight is 309 g/mol. The third-order valence-electron chi connectivity index (χ3n) is 4.51. The van der Waals surface area contributed by atoms with Crippen molar-refractivity contribution < 1.29 is 0 Å². The van der Waals surface area contributed by atoms with Crippen molar-refractivity contribution in [1.82, 2.24) is 19.3 Å². The summed E-state index contributed by atoms with van der Waals surface area (Å²) < 4.78 is 3.67. The molecule has 4 rings (SSSR count). The lowest BCUT2D eigenvalue weighted by molar-refractivity contribution is 0.493. The zero-order valence-corrected chi connectivity index (χ0v) is 13.3. The molecule has 1 fully saturated rings. The number of benzene rings is 1. The van der Waals surface area contributed by atoms with Gasteiger partial charge in [-0.15, -0.1) is 0 Å². The number of hydrogen-bond donors (Lipinski definition) is 0. The molecule has 0 radical (unpaired) electrons. The first-order valence-electron chi connectivity index (χ1n) is 7.85. The average Bonchev–Trinajstić information content (AvgIpc) is 3.20. The van der Waals surface area contributed by atoms with Crippen LogP contribution in [0.3, 0.4) is 0 Å². The van der Waals surface area contributed by atoms with Crippen molar-refractivity contribution in [1.29, 1.82) is 0 Å². The standard InChI is InChI=1S/C17H19N5O/c1-12-9-18-22(10-12)13-7-8-21(11-13)17-19-15-6-4-3-5-14(15)16(23)20(17)2/h3-6,9-10,13H,7-8,11H2,1-2H3. The second-order valence-corrected chi connectivity index (χ2v) is 6.18. The van der Waals surface area contributed by atoms with Gasteiger partial charge in [0, 0.05) is 26.3 Å². The minimum Gasteiger partial charge on any atom is -0.340 e. The lowest BCUT2D eigenvalue weighted by atomic mass is 10.2. The predicted octanol–water partition coefficient (Wildman–Crippen LogP) is 1.89. The fourth-order valence-corrected chi connectivity index (χ4v) is 3.26. The molecule has 1 saturated heterocycles. The maximum absolute atomic E-state index is 12.5. The summed E-state index contributed by atoms with van der Waals surface area (Å²) in [7, 11) is 1.79. The summed E-state index contributed by atoms with van der Waals surface area (Å²) >= 11 is 0. The van der Waals surface area contributed by atoms with Crippen LogP contribution in [0.25, 0.3) is 10.9 Å². The second-order valence-electron chi connectivity index (χ2n) is 6.18. The van der Waals surface area contributed by atoms with E-state index in [0.29, 0.717) is 11.4 Å². The quantitative estimate of drug-likeness (QED) is 0.725. The Labute approximate surface area is 134 Å². The molecule has 1 aromatic carbocycles. The monoisotopic (exact) mass is 309 g/mol. The molecule has 6 nitrogen and oxygen atoms in total. The van der Waals surface area contributed by atoms with Gasteiger partial charge in [0.25, 0.3) is 5.56 Å². The van der Waals surface area contributed by atoms with Crippen LogP contribution in [0.4, 0.5) is 5.95 Å². The van der Waals surface area contributed by atoms with E-state index in [1.165, 1.54) is 5.56 Å². The van der Waals surface area contributed by atoms with E-state index in [2.05, 4.69) is 16.2 Å². The molecule has 2 aromatic heterocycles. The van der Waals surface area contributed by atoms with Crippen molar-refractivity contribution in [2.45, 2.75) is 19.4 Å². The van der Waals surface area contributed by atoms with Crippen molar-refractivity contribution in [2.75, 3.05) is 18.0 Å². The van der Waals surface area contributed by atoms with Gasteiger partial charge in [0.1, 0.15) is 0 Å². The van der Waals surface area contributed by atoms with Gasteiger partial charge in [-0.1, -0.05) is 12.1 Å². The summed E-state index contributed by atoms with van der Waals surface area (Å²) in [4.78, 5) is 19.4. The third-order valence-corrected chi connectivity index (χ3v) is 4.51. The molecule has 1 aliphatic rings. The van der Waals surface area contributed by atoms with Crippen LogP contribution in [-0.4, -0.2) is 32.4 Å². The van der Waals surface area contributed by atoms with Gasteiger partial charge in [-0.2, -0.15) is 5.10 Å². The van der Waals surface area contributed by atoms with E-state index in [4.69, 9.17) is 4.98 Å². The number of fused-ring (bicyclic) bond motifs is 1. The first-order valence-corrected chi connectivity index (χ1v) is 7.85. The molecule has 23 heavy (non-hydrogen) atoms. The molecule has 1 unspecified atom stereocenters. The van der Waals surface area contributed by atoms with E-state index in [9.17, 15) is 4.79 Å². The van der Waals surface area contributed by atoms with E-state index in [1.807, 2.05) is 42.1 Å². The Morgan fingerprint density at radius 1 is 1.26 bits per heavy atom. The van der Waals surface area contributed by atoms with Crippen LogP contribution in [-0.2, 0) is 7.05 Å². The predicted molar refractivity (Wildman–Crippen MR) is 89.8 cm³/mol. The first-order chi connectivity index (χ1) is 11.1. The zero-order chi connectivity index (χ0) is 16.0. The molecule has 0 saturated carbocycles. The smallest absolute Gasteiger partial charge is 0.262 e. The van der Waals surface area contributed by atoms with E-state index >= 15 is 0 Å². The van der Waals surface area contributed by atoms with E-state index in [-0.39, 0.29) is 5.56 Å². The lowest BCUT2D eigenvalue weighted by Crippen LogP contribution is -2.30. The minimum absolute atomic E-state index is 0.00369. The first kappa shape index (κ1) is 14.0. The highest BCUT2D eigenvalue weighted by molar-refractivity contribution is 5.78. The van der Waals surface area contributed by atoms with Crippen LogP contribution in [0.15, 0.2) is 41.5 Å². The van der Waals surface area contributed by atoms with E-state index < -0.39 is 0 Å². The fraction of sp³-hybridized carbons (Fsp3) is 0.353. The molecule has 0 N–H and O–H groups in total. The van der Waals surface area contributed by atoms with Crippen LogP contribution in [0.2, 0.25) is 0 Å². The molecule has 1 atom stereocenters. The molecule has 0 aliphatic carbocycles. The number of nitrogens with zero attached hydrogens (tertiary/aromatic N) is 5. The largest absolute Gasteiger partial charge is 0.340 e. The van der Waals surface area contributed by atoms with Crippen LogP contribution < -0.4 is 10.5 Å². The van der Waals surface area contributed by atoms with Crippen molar-refractivity contribution in [3.63, 3.8) is 0 Å². The summed E-state index contributed by atoms with van der Waals surface area (Å²) in [5.74, 6) is 0.736. The number of anilines is 1. The lowest BCUT2D eigenvalue weighted by Gasteiger charge is -2.20. The number of aryl methyl sites for hydroxylation is 1. The Bertz CT molecular complexity index is 926. The van der Waals surface area contributed by atoms with Gasteiger partial charge in [0.05, 0.1) is 23.1 Å². The van der Waals surface area contributed by atoms with Crippen LogP contribution >= 0.6 is 0 Å². The van der Waals surface area contributed by atoms with Crippen molar-refractivity contribution >= 4 is 16.9 Å². The second kappa shape index (κ2) is 5.22. The van der Waals surface area contributed by atoms with Gasteiger partial charge in [-0.3, -0.25) is 14.0 Å². The molecule has 118 valence electrons. The number of hydrogen-bond acceptors (Lipinski definition) is 4. The maximum Gasteiger partial charge on any atom is 0.262 e. The summed E-state index contributed by atoms with van der Waals surface area (Å²) in [6.07, 6.45) is 4.96. The number of aromatic nitrogens is 4. The van der Waals surface area contributed by atoms with Gasteiger partial charge in [-0.25, -0.2) is 4.98 Å². The Morgan fingerprint density at radius 3 is 2.87 bits per heavy atom. The fourth-order valence-electron chi connectivity index (χ4n) is 3.26. The highest BCUT2D eigenvalue weighted by atomic mass is 16.1. The Hall–Kier alpha value is -2.63. The van der Waals surface area contributed by atoms with Crippen molar-refractivity contribution in [2.24, 2.45) is 7.05 Å². The molecule has 3 aromatic rings. The molecule has 0 amide bonds. The summed E-state index contributed by atoms with van der Waals surface area (Å²) in [5, 5.41) is 5.08. The normalized spacial score (nSPS) is 18.0. The summed E-state index contributed by atoms with van der Waals surface area (Å²) in [6.45, 7) is 3.74. The highest BCUT2D eigenvalue weighted by Crippen LogP contribution is 2.25. The van der Waals surface area contributed by atoms with Crippen LogP contribution in [0.1, 0.15) is 18.0 Å². The van der Waals surface area contributed by atoms with Gasteiger partial charge < -0.3 is 4.90 Å². The molecule has 0 spiro atoms. The van der Waals surface area contributed by atoms with Crippen molar-refractivity contribution in [3.05, 3.63) is 52.6 Å². The van der Waals surface area contributed by atoms with Gasteiger partial charge in [-0.05, 0) is 31.0 Å². The zero-order valence-electron chi connectivity index (χ0n) is 13.3. The van der Waals surface area contributed by atoms with E-state index in [1.54, 1.807) is 11.6 Å². The summed E-state index contributed by atoms with van der Waals surface area (Å²) in [6, 6.07) is 7.83. The summed E-state index contributed by atoms with van der Waals surface area (Å²) in [5.41, 5.74) is 1.92. The molecule has 6 heteroatoms. The highest BCUT2D eigenvalue weighted by Gasteiger charge is 2.27. The number of para-hydroxylation sites is 1. The Balaban J connectivity index is 1.70. The van der Waals surface area contributed by atoms with E-state index in [0.717, 1.165) is 31.0 Å². The SMILES string of the molecule is Cc1cnn(C2CCN(c3nc4ccccc4c(=O)n3C)C2)c1. The van der Waals surface area contributed by atoms with Crippen molar-refractivity contribution in [3.8, 4) is 0 Å². The topological polar surface area (TPSA) is 56.0 Å². The number of rotatable bonds is 2. The molecular formula is C17H19N5O. The Kier molecular flexibility index (Phi) is 3.18. The van der Waals surface area contributed by atoms with Crippen LogP contribution in [0, 0.1) is 6.92 Å². The Morgan fingerprint density at radius 2 is 2.09 bits per heavy atom.